The molecule has 0 atom stereocenters. The first-order chi connectivity index (χ1) is 18.0. The number of carbonyl (C=O) groups excluding carboxylic acids is 1. The molecule has 0 fully saturated rings. The first-order valence-electron chi connectivity index (χ1n) is 10.7. The Morgan fingerprint density at radius 1 is 0.737 bits per heavy atom. The normalized spacial score (nSPS) is 11.0. The van der Waals surface area contributed by atoms with Crippen LogP contribution in [-0.2, 0) is 13.5 Å². The van der Waals surface area contributed by atoms with Crippen molar-refractivity contribution in [2.75, 3.05) is 5.32 Å². The van der Waals surface area contributed by atoms with Crippen LogP contribution < -0.4 is 14.6 Å². The number of ether oxygens (including phenoxy) is 1. The van der Waals surface area contributed by atoms with Gasteiger partial charge in [-0.1, -0.05) is 30.3 Å². The van der Waals surface area contributed by atoms with E-state index in [0.29, 0.717) is 19.2 Å². The first kappa shape index (κ1) is 26.6. The van der Waals surface area contributed by atoms with Crippen LogP contribution >= 0.6 is 0 Å². The summed E-state index contributed by atoms with van der Waals surface area (Å²) in [6.45, 7) is 0. The molecule has 1 amide bonds. The van der Waals surface area contributed by atoms with E-state index in [1.807, 2.05) is 5.32 Å². The number of anilines is 1. The molecule has 0 aliphatic rings. The second kappa shape index (κ2) is 10.5. The minimum Gasteiger partial charge on any atom is -0.444 e. The highest BCUT2D eigenvalue weighted by Crippen LogP contribution is 2.33. The number of hydrogen-bond donors (Lipinski definition) is 1. The van der Waals surface area contributed by atoms with Gasteiger partial charge in [0, 0.05) is 5.56 Å². The molecule has 38 heavy (non-hydrogen) atoms. The molecule has 12 heteroatoms. The second-order valence-corrected chi connectivity index (χ2v) is 8.02. The summed E-state index contributed by atoms with van der Waals surface area (Å²) in [6.07, 6.45) is 0.190. The molecule has 4 aromatic rings. The van der Waals surface area contributed by atoms with Crippen LogP contribution in [0.15, 0.2) is 54.6 Å². The Morgan fingerprint density at radius 3 is 1.79 bits per heavy atom. The quantitative estimate of drug-likeness (QED) is 0.179. The number of amides is 1. The molecule has 196 valence electrons. The van der Waals surface area contributed by atoms with E-state index in [-0.39, 0.29) is 16.6 Å². The Hall–Kier alpha value is -4.48. The van der Waals surface area contributed by atoms with Gasteiger partial charge in [0.1, 0.15) is 24.4 Å². The number of benzene rings is 3. The Bertz CT molecular complexity index is 1490. The molecule has 0 aliphatic carbocycles. The minimum atomic E-state index is -2.08. The molecular formula is C26H15F8N2O2+. The van der Waals surface area contributed by atoms with Gasteiger partial charge in [0.2, 0.25) is 5.75 Å². The van der Waals surface area contributed by atoms with E-state index in [0.717, 1.165) is 17.7 Å². The van der Waals surface area contributed by atoms with Gasteiger partial charge in [-0.05, 0) is 41.8 Å². The number of carbonyl (C=O) groups is 1. The fourth-order valence-electron chi connectivity index (χ4n) is 3.51. The third-order valence-corrected chi connectivity index (χ3v) is 5.41. The van der Waals surface area contributed by atoms with Crippen molar-refractivity contribution in [1.82, 2.24) is 0 Å². The summed E-state index contributed by atoms with van der Waals surface area (Å²) in [6, 6.07) is 11.4. The molecule has 0 unspecified atom stereocenters. The molecule has 1 aromatic heterocycles. The predicted molar refractivity (Wildman–Crippen MR) is 117 cm³/mol. The monoisotopic (exact) mass is 539 g/mol. The molecule has 0 aliphatic heterocycles. The van der Waals surface area contributed by atoms with Crippen molar-refractivity contribution in [3.8, 4) is 11.5 Å². The lowest BCUT2D eigenvalue weighted by molar-refractivity contribution is -0.730. The zero-order chi connectivity index (χ0) is 27.7. The summed E-state index contributed by atoms with van der Waals surface area (Å²) in [5, 5.41) is 1.86. The second-order valence-electron chi connectivity index (χ2n) is 8.02. The van der Waals surface area contributed by atoms with Crippen molar-refractivity contribution in [3.63, 3.8) is 0 Å². The molecule has 3 aromatic carbocycles. The Labute approximate surface area is 209 Å². The summed E-state index contributed by atoms with van der Waals surface area (Å²) in [4.78, 5) is 12.5. The third-order valence-electron chi connectivity index (χ3n) is 5.41. The molecule has 4 nitrogen and oxygen atoms in total. The van der Waals surface area contributed by atoms with Gasteiger partial charge in [-0.15, -0.1) is 13.3 Å². The number of pyridine rings is 1. The Morgan fingerprint density at radius 2 is 1.26 bits per heavy atom. The van der Waals surface area contributed by atoms with Crippen LogP contribution in [-0.4, -0.2) is 5.91 Å². The fraction of sp³-hybridized carbons (Fsp3) is 0.0769. The molecular weight excluding hydrogens is 524 g/mol. The maximum absolute atomic E-state index is 14.6. The number of halogens is 8. The average Bonchev–Trinajstić information content (AvgIpc) is 2.88. The van der Waals surface area contributed by atoms with Gasteiger partial charge < -0.3 is 10.1 Å². The lowest BCUT2D eigenvalue weighted by atomic mass is 10.0. The van der Waals surface area contributed by atoms with Crippen LogP contribution in [0, 0.1) is 46.8 Å². The lowest BCUT2D eigenvalue weighted by Gasteiger charge is -2.12. The summed E-state index contributed by atoms with van der Waals surface area (Å²) in [5.74, 6) is -18.3. The molecule has 4 rings (SSSR count). The van der Waals surface area contributed by atoms with Crippen LogP contribution in [0.4, 0.5) is 40.8 Å². The highest BCUT2D eigenvalue weighted by molar-refractivity contribution is 6.04. The largest absolute Gasteiger partial charge is 0.444 e. The van der Waals surface area contributed by atoms with Gasteiger partial charge >= 0.3 is 11.9 Å². The van der Waals surface area contributed by atoms with Gasteiger partial charge in [0.05, 0.1) is 0 Å². The van der Waals surface area contributed by atoms with Crippen LogP contribution in [0.5, 0.6) is 11.5 Å². The standard InChI is InChI=1S/C26H14F8N2O2/c1-36-24(33)19(31)23(20(32)25(36)34)38-22-17(29)10-14(11-18(22)30)26(37)35-21-15(27)8-13(9-16(21)28)7-12-5-3-2-4-6-12/h2-6,8-11H,7H2,1H3/p+1. The van der Waals surface area contributed by atoms with Crippen molar-refractivity contribution in [1.29, 1.82) is 0 Å². The highest BCUT2D eigenvalue weighted by Gasteiger charge is 2.33. The molecule has 0 saturated heterocycles. The van der Waals surface area contributed by atoms with Gasteiger partial charge in [0.25, 0.3) is 17.5 Å². The minimum absolute atomic E-state index is 0.135. The average molecular weight is 539 g/mol. The molecule has 0 saturated carbocycles. The van der Waals surface area contributed by atoms with E-state index in [9.17, 15) is 39.9 Å². The van der Waals surface area contributed by atoms with Gasteiger partial charge in [-0.2, -0.15) is 8.78 Å². The van der Waals surface area contributed by atoms with Crippen LogP contribution in [0.3, 0.4) is 0 Å². The van der Waals surface area contributed by atoms with Crippen molar-refractivity contribution in [2.24, 2.45) is 7.05 Å². The smallest absolute Gasteiger partial charge is 0.402 e. The van der Waals surface area contributed by atoms with Gasteiger partial charge in [0.15, 0.2) is 17.4 Å². The molecule has 1 N–H and O–H groups in total. The summed E-state index contributed by atoms with van der Waals surface area (Å²) in [5.41, 5.74) is -0.659. The van der Waals surface area contributed by atoms with Crippen LogP contribution in [0.1, 0.15) is 21.5 Å². The number of nitrogens with one attached hydrogen (secondary N) is 1. The maximum atomic E-state index is 14.6. The fourth-order valence-corrected chi connectivity index (χ4v) is 3.51. The number of hydrogen-bond acceptors (Lipinski definition) is 2. The SMILES string of the molecule is C[n+]1c(F)c(F)c(Oc2c(F)cc(C(=O)Nc3c(F)cc(Cc4ccccc4)cc3F)cc2F)c(F)c1F. The van der Waals surface area contributed by atoms with Crippen molar-refractivity contribution in [2.45, 2.75) is 6.42 Å². The van der Waals surface area contributed by atoms with Crippen molar-refractivity contribution < 1.29 is 49.2 Å². The van der Waals surface area contributed by atoms with Crippen LogP contribution in [0.25, 0.3) is 0 Å². The zero-order valence-corrected chi connectivity index (χ0v) is 19.2. The Balaban J connectivity index is 1.58. The molecule has 0 spiro atoms. The summed E-state index contributed by atoms with van der Waals surface area (Å²) in [7, 11) is 0.650. The third kappa shape index (κ3) is 5.15. The molecule has 0 radical (unpaired) electrons. The zero-order valence-electron chi connectivity index (χ0n) is 19.2. The van der Waals surface area contributed by atoms with E-state index in [2.05, 4.69) is 4.74 Å². The van der Waals surface area contributed by atoms with Gasteiger partial charge in [-0.3, -0.25) is 4.79 Å². The summed E-state index contributed by atoms with van der Waals surface area (Å²) < 4.78 is 118. The first-order valence-corrected chi connectivity index (χ1v) is 10.7. The topological polar surface area (TPSA) is 42.2 Å². The number of nitrogens with zero attached hydrogens (tertiary/aromatic N) is 1. The van der Waals surface area contributed by atoms with E-state index in [4.69, 9.17) is 0 Å². The van der Waals surface area contributed by atoms with E-state index in [1.165, 1.54) is 0 Å². The Kier molecular flexibility index (Phi) is 7.33. The molecule has 1 heterocycles. The van der Waals surface area contributed by atoms with Crippen molar-refractivity contribution >= 4 is 11.6 Å². The van der Waals surface area contributed by atoms with E-state index < -0.39 is 75.5 Å². The van der Waals surface area contributed by atoms with Crippen molar-refractivity contribution in [3.05, 3.63) is 118 Å². The maximum Gasteiger partial charge on any atom is 0.402 e. The summed E-state index contributed by atoms with van der Waals surface area (Å²) >= 11 is 0. The highest BCUT2D eigenvalue weighted by atomic mass is 19.2. The number of rotatable bonds is 6. The molecule has 0 bridgehead atoms. The van der Waals surface area contributed by atoms with Crippen LogP contribution in [0.2, 0.25) is 0 Å². The predicted octanol–water partition coefficient (Wildman–Crippen LogP) is 6.26. The number of aromatic nitrogens is 1. The lowest BCUT2D eigenvalue weighted by Crippen LogP contribution is -2.40. The van der Waals surface area contributed by atoms with E-state index >= 15 is 0 Å². The van der Waals surface area contributed by atoms with E-state index in [1.54, 1.807) is 30.3 Å². The van der Waals surface area contributed by atoms with Gasteiger partial charge in [-0.25, -0.2) is 17.6 Å².